The second kappa shape index (κ2) is 13.9. The molecule has 0 saturated heterocycles. The average Bonchev–Trinajstić information content (AvgIpc) is 2.91. The number of unbranched alkanes of at least 4 members (excludes halogenated alkanes) is 2. The van der Waals surface area contributed by atoms with Crippen LogP contribution in [0, 0.1) is 10.1 Å². The van der Waals surface area contributed by atoms with Crippen LogP contribution in [0.2, 0.25) is 0 Å². The molecule has 10 heteroatoms. The average molecular weight is 503 g/mol. The number of carbonyl (C=O) groups excluding carboxylic acids is 3. The first kappa shape index (κ1) is 26.7. The minimum absolute atomic E-state index is 0.0547. The third kappa shape index (κ3) is 9.02. The van der Waals surface area contributed by atoms with Crippen LogP contribution < -0.4 is 15.5 Å². The summed E-state index contributed by atoms with van der Waals surface area (Å²) in [7, 11) is 0. The Balaban J connectivity index is 1.36. The summed E-state index contributed by atoms with van der Waals surface area (Å²) in [4.78, 5) is 46.6. The van der Waals surface area contributed by atoms with Gasteiger partial charge in [0.05, 0.1) is 16.7 Å². The van der Waals surface area contributed by atoms with Crippen molar-refractivity contribution in [1.29, 1.82) is 0 Å². The van der Waals surface area contributed by atoms with Gasteiger partial charge in [0.15, 0.2) is 0 Å². The lowest BCUT2D eigenvalue weighted by Crippen LogP contribution is -2.24. The van der Waals surface area contributed by atoms with Gasteiger partial charge in [-0.15, -0.1) is 0 Å². The molecule has 0 unspecified atom stereocenters. The van der Waals surface area contributed by atoms with Crippen molar-refractivity contribution in [1.82, 2.24) is 10.7 Å². The third-order valence-corrected chi connectivity index (χ3v) is 5.17. The Morgan fingerprint density at radius 2 is 1.65 bits per heavy atom. The first-order valence-electron chi connectivity index (χ1n) is 11.6. The third-order valence-electron chi connectivity index (χ3n) is 5.17. The number of nitrogens with one attached hydrogen (secondary N) is 2. The van der Waals surface area contributed by atoms with Crippen LogP contribution in [0.4, 0.5) is 5.69 Å². The van der Waals surface area contributed by atoms with Crippen LogP contribution in [0.25, 0.3) is 0 Å². The summed E-state index contributed by atoms with van der Waals surface area (Å²) >= 11 is 0. The Hall–Kier alpha value is -4.86. The molecule has 0 bridgehead atoms. The van der Waals surface area contributed by atoms with Crippen LogP contribution in [0.1, 0.15) is 52.0 Å². The molecule has 0 radical (unpaired) electrons. The number of amides is 2. The van der Waals surface area contributed by atoms with Crippen molar-refractivity contribution in [2.45, 2.75) is 25.7 Å². The Morgan fingerprint density at radius 3 is 2.43 bits per heavy atom. The van der Waals surface area contributed by atoms with E-state index in [4.69, 9.17) is 4.74 Å². The number of hydrazone groups is 1. The lowest BCUT2D eigenvalue weighted by molar-refractivity contribution is -0.384. The Bertz CT molecular complexity index is 1280. The van der Waals surface area contributed by atoms with Crippen molar-refractivity contribution in [3.8, 4) is 5.75 Å². The highest BCUT2D eigenvalue weighted by molar-refractivity contribution is 5.94. The molecule has 0 aromatic heterocycles. The molecule has 37 heavy (non-hydrogen) atoms. The molecule has 0 aliphatic rings. The summed E-state index contributed by atoms with van der Waals surface area (Å²) in [5, 5.41) is 17.7. The van der Waals surface area contributed by atoms with E-state index in [9.17, 15) is 24.5 Å². The fraction of sp³-hybridized carbons (Fsp3) is 0.185. The summed E-state index contributed by atoms with van der Waals surface area (Å²) in [5.74, 6) is -0.856. The van der Waals surface area contributed by atoms with Crippen LogP contribution in [-0.4, -0.2) is 35.5 Å². The van der Waals surface area contributed by atoms with Gasteiger partial charge in [0.2, 0.25) is 5.91 Å². The maximum absolute atomic E-state index is 12.3. The molecule has 3 aromatic rings. The van der Waals surface area contributed by atoms with Crippen molar-refractivity contribution >= 4 is 29.7 Å². The second-order valence-electron chi connectivity index (χ2n) is 8.00. The number of nitro benzene ring substituents is 1. The molecular formula is C27H26N4O6. The highest BCUT2D eigenvalue weighted by atomic mass is 16.6. The molecule has 0 saturated carbocycles. The maximum atomic E-state index is 12.3. The van der Waals surface area contributed by atoms with E-state index in [2.05, 4.69) is 15.8 Å². The van der Waals surface area contributed by atoms with Crippen LogP contribution in [-0.2, 0) is 4.79 Å². The lowest BCUT2D eigenvalue weighted by atomic mass is 10.2. The van der Waals surface area contributed by atoms with E-state index in [0.717, 1.165) is 18.9 Å². The number of hydrogen-bond acceptors (Lipinski definition) is 7. The summed E-state index contributed by atoms with van der Waals surface area (Å²) in [6, 6.07) is 20.7. The van der Waals surface area contributed by atoms with E-state index in [1.54, 1.807) is 36.4 Å². The zero-order valence-electron chi connectivity index (χ0n) is 20.0. The largest absolute Gasteiger partial charge is 0.423 e. The fourth-order valence-electron chi connectivity index (χ4n) is 3.29. The summed E-state index contributed by atoms with van der Waals surface area (Å²) in [5.41, 5.74) is 3.50. The second-order valence-corrected chi connectivity index (χ2v) is 8.00. The normalized spacial score (nSPS) is 10.6. The van der Waals surface area contributed by atoms with Crippen LogP contribution in [0.5, 0.6) is 5.75 Å². The number of carbonyl (C=O) groups is 3. The number of nitro groups is 1. The number of ether oxygens (including phenoxy) is 1. The van der Waals surface area contributed by atoms with E-state index in [-0.39, 0.29) is 28.8 Å². The predicted octanol–water partition coefficient (Wildman–Crippen LogP) is 4.25. The first-order valence-corrected chi connectivity index (χ1v) is 11.6. The van der Waals surface area contributed by atoms with Crippen molar-refractivity contribution in [3.63, 3.8) is 0 Å². The van der Waals surface area contributed by atoms with Gasteiger partial charge in [-0.3, -0.25) is 19.7 Å². The molecule has 0 atom stereocenters. The molecule has 0 aliphatic carbocycles. The molecule has 2 amide bonds. The zero-order valence-corrected chi connectivity index (χ0v) is 20.0. The van der Waals surface area contributed by atoms with Gasteiger partial charge in [-0.05, 0) is 48.7 Å². The van der Waals surface area contributed by atoms with Gasteiger partial charge in [-0.1, -0.05) is 42.8 Å². The van der Waals surface area contributed by atoms with E-state index in [0.29, 0.717) is 30.5 Å². The summed E-state index contributed by atoms with van der Waals surface area (Å²) in [6.07, 6.45) is 3.92. The predicted molar refractivity (Wildman–Crippen MR) is 137 cm³/mol. The van der Waals surface area contributed by atoms with Crippen molar-refractivity contribution < 1.29 is 24.0 Å². The van der Waals surface area contributed by atoms with E-state index < -0.39 is 10.9 Å². The quantitative estimate of drug-likeness (QED) is 0.0947. The van der Waals surface area contributed by atoms with Crippen molar-refractivity contribution in [2.75, 3.05) is 6.54 Å². The Morgan fingerprint density at radius 1 is 0.892 bits per heavy atom. The van der Waals surface area contributed by atoms with Gasteiger partial charge in [0, 0.05) is 30.7 Å². The van der Waals surface area contributed by atoms with Gasteiger partial charge in [-0.25, -0.2) is 10.2 Å². The fourth-order valence-corrected chi connectivity index (χ4v) is 3.29. The molecule has 0 heterocycles. The number of rotatable bonds is 12. The lowest BCUT2D eigenvalue weighted by Gasteiger charge is -2.05. The molecule has 3 rings (SSSR count). The van der Waals surface area contributed by atoms with E-state index >= 15 is 0 Å². The SMILES string of the molecule is O=C(CCCCCNC(=O)c1ccccc1)NN=Cc1cccc(OC(=O)c2cccc([N+](=O)[O-])c2)c1. The molecule has 2 N–H and O–H groups in total. The standard InChI is InChI=1S/C27H26N4O6/c32-25(15-5-2-6-16-28-26(33)21-10-3-1-4-11-21)30-29-19-20-9-7-14-24(17-20)37-27(34)22-12-8-13-23(18-22)31(35)36/h1,3-4,7-14,17-19H,2,5-6,15-16H2,(H,28,33)(H,30,32). The number of benzene rings is 3. The summed E-state index contributed by atoms with van der Waals surface area (Å²) < 4.78 is 5.29. The van der Waals surface area contributed by atoms with Crippen molar-refractivity contribution in [2.24, 2.45) is 5.10 Å². The molecular weight excluding hydrogens is 476 g/mol. The number of hydrogen-bond donors (Lipinski definition) is 2. The molecule has 190 valence electrons. The molecule has 0 fully saturated rings. The number of esters is 1. The molecule has 0 spiro atoms. The maximum Gasteiger partial charge on any atom is 0.343 e. The zero-order chi connectivity index (χ0) is 26.5. The minimum Gasteiger partial charge on any atom is -0.423 e. The molecule has 0 aliphatic heterocycles. The Labute approximate surface area is 213 Å². The van der Waals surface area contributed by atoms with Gasteiger partial charge in [-0.2, -0.15) is 5.10 Å². The van der Waals surface area contributed by atoms with Gasteiger partial charge in [0.1, 0.15) is 5.75 Å². The monoisotopic (exact) mass is 502 g/mol. The smallest absolute Gasteiger partial charge is 0.343 e. The minimum atomic E-state index is -0.731. The highest BCUT2D eigenvalue weighted by Crippen LogP contribution is 2.17. The Kier molecular flexibility index (Phi) is 10.0. The summed E-state index contributed by atoms with van der Waals surface area (Å²) in [6.45, 7) is 0.537. The van der Waals surface area contributed by atoms with Gasteiger partial charge < -0.3 is 10.1 Å². The van der Waals surface area contributed by atoms with Crippen LogP contribution in [0.15, 0.2) is 84.0 Å². The molecule has 10 nitrogen and oxygen atoms in total. The van der Waals surface area contributed by atoms with Crippen LogP contribution >= 0.6 is 0 Å². The number of non-ortho nitro benzene ring substituents is 1. The number of nitrogens with zero attached hydrogens (tertiary/aromatic N) is 2. The van der Waals surface area contributed by atoms with Crippen molar-refractivity contribution in [3.05, 3.63) is 106 Å². The molecule has 3 aromatic carbocycles. The van der Waals surface area contributed by atoms with E-state index in [1.807, 2.05) is 18.2 Å². The van der Waals surface area contributed by atoms with Crippen LogP contribution in [0.3, 0.4) is 0 Å². The first-order chi connectivity index (χ1) is 17.9. The highest BCUT2D eigenvalue weighted by Gasteiger charge is 2.13. The topological polar surface area (TPSA) is 140 Å². The van der Waals surface area contributed by atoms with Gasteiger partial charge >= 0.3 is 5.97 Å². The van der Waals surface area contributed by atoms with Gasteiger partial charge in [0.25, 0.3) is 11.6 Å². The van der Waals surface area contributed by atoms with E-state index in [1.165, 1.54) is 24.4 Å².